The summed E-state index contributed by atoms with van der Waals surface area (Å²) in [6.45, 7) is 0. The number of allylic oxidation sites excluding steroid dienone is 1. The van der Waals surface area contributed by atoms with Crippen molar-refractivity contribution < 1.29 is 9.66 Å². The Morgan fingerprint density at radius 2 is 2.05 bits per heavy atom. The first kappa shape index (κ1) is 14.3. The summed E-state index contributed by atoms with van der Waals surface area (Å²) in [6.07, 6.45) is 1.67. The number of hydrogen-bond acceptors (Lipinski definition) is 4. The van der Waals surface area contributed by atoms with Gasteiger partial charge in [-0.15, -0.1) is 0 Å². The molecule has 0 bridgehead atoms. The van der Waals surface area contributed by atoms with Gasteiger partial charge < -0.3 is 4.74 Å². The van der Waals surface area contributed by atoms with Gasteiger partial charge in [0, 0.05) is 12.1 Å². The van der Waals surface area contributed by atoms with E-state index >= 15 is 0 Å². The van der Waals surface area contributed by atoms with Gasteiger partial charge in [-0.1, -0.05) is 24.3 Å². The smallest absolute Gasteiger partial charge is 0.270 e. The molecule has 2 aromatic rings. The minimum atomic E-state index is -0.482. The number of methoxy groups -OCH3 is 1. The Hall–Kier alpha value is -3.13. The van der Waals surface area contributed by atoms with Gasteiger partial charge in [-0.2, -0.15) is 5.26 Å². The third-order valence-electron chi connectivity index (χ3n) is 2.89. The zero-order valence-electron chi connectivity index (χ0n) is 11.3. The Morgan fingerprint density at radius 1 is 1.29 bits per heavy atom. The van der Waals surface area contributed by atoms with E-state index in [1.165, 1.54) is 12.1 Å². The maximum atomic E-state index is 10.8. The molecule has 0 atom stereocenters. The largest absolute Gasteiger partial charge is 0.497 e. The van der Waals surface area contributed by atoms with Crippen LogP contribution in [-0.4, -0.2) is 12.0 Å². The predicted octanol–water partition coefficient (Wildman–Crippen LogP) is 3.67. The van der Waals surface area contributed by atoms with E-state index in [0.29, 0.717) is 16.9 Å². The Morgan fingerprint density at radius 3 is 2.71 bits per heavy atom. The normalized spacial score (nSPS) is 10.8. The molecule has 0 aliphatic heterocycles. The monoisotopic (exact) mass is 280 g/mol. The van der Waals surface area contributed by atoms with Crippen LogP contribution in [0.3, 0.4) is 0 Å². The highest BCUT2D eigenvalue weighted by Crippen LogP contribution is 2.23. The van der Waals surface area contributed by atoms with E-state index in [1.54, 1.807) is 37.5 Å². The highest BCUT2D eigenvalue weighted by molar-refractivity contribution is 5.90. The van der Waals surface area contributed by atoms with Crippen molar-refractivity contribution in [2.75, 3.05) is 7.11 Å². The standard InChI is InChI=1S/C16H12N2O3/c1-21-16-7-2-4-12(9-16)8-14(11-17)13-5-3-6-15(10-13)18(19)20/h2-10H,1H3. The van der Waals surface area contributed by atoms with Crippen molar-refractivity contribution in [3.05, 3.63) is 69.8 Å². The summed E-state index contributed by atoms with van der Waals surface area (Å²) in [4.78, 5) is 10.3. The molecule has 0 aromatic heterocycles. The van der Waals surface area contributed by atoms with Crippen molar-refractivity contribution in [2.24, 2.45) is 0 Å². The van der Waals surface area contributed by atoms with Crippen LogP contribution in [0.25, 0.3) is 11.6 Å². The molecule has 0 amide bonds. The number of hydrogen-bond donors (Lipinski definition) is 0. The third kappa shape index (κ3) is 3.45. The van der Waals surface area contributed by atoms with Crippen LogP contribution < -0.4 is 4.74 Å². The second-order valence-corrected chi connectivity index (χ2v) is 4.25. The SMILES string of the molecule is COc1cccc(C=C(C#N)c2cccc([N+](=O)[O-])c2)c1. The van der Waals surface area contributed by atoms with Gasteiger partial charge in [-0.3, -0.25) is 10.1 Å². The molecular formula is C16H12N2O3. The molecule has 5 nitrogen and oxygen atoms in total. The van der Waals surface area contributed by atoms with Crippen LogP contribution in [0.5, 0.6) is 5.75 Å². The number of ether oxygens (including phenoxy) is 1. The Labute approximate surface area is 121 Å². The highest BCUT2D eigenvalue weighted by atomic mass is 16.6. The molecule has 0 saturated heterocycles. The van der Waals surface area contributed by atoms with Crippen molar-refractivity contribution in [1.29, 1.82) is 5.26 Å². The number of nitro benzene ring substituents is 1. The molecule has 0 N–H and O–H groups in total. The van der Waals surface area contributed by atoms with Gasteiger partial charge in [-0.05, 0) is 29.3 Å². The molecule has 0 aliphatic rings. The summed E-state index contributed by atoms with van der Waals surface area (Å²) in [6, 6.07) is 15.3. The fourth-order valence-corrected chi connectivity index (χ4v) is 1.87. The number of rotatable bonds is 4. The summed E-state index contributed by atoms with van der Waals surface area (Å²) in [7, 11) is 1.56. The number of non-ortho nitro benzene ring substituents is 1. The fourth-order valence-electron chi connectivity index (χ4n) is 1.87. The molecule has 2 rings (SSSR count). The topological polar surface area (TPSA) is 76.2 Å². The average molecular weight is 280 g/mol. The van der Waals surface area contributed by atoms with Crippen LogP contribution in [0.1, 0.15) is 11.1 Å². The summed E-state index contributed by atoms with van der Waals surface area (Å²) in [5.74, 6) is 0.681. The maximum Gasteiger partial charge on any atom is 0.270 e. The lowest BCUT2D eigenvalue weighted by molar-refractivity contribution is -0.384. The summed E-state index contributed by atoms with van der Waals surface area (Å²) >= 11 is 0. The number of nitriles is 1. The van der Waals surface area contributed by atoms with Gasteiger partial charge in [0.1, 0.15) is 5.75 Å². The van der Waals surface area contributed by atoms with Gasteiger partial charge in [-0.25, -0.2) is 0 Å². The zero-order chi connectivity index (χ0) is 15.2. The second kappa shape index (κ2) is 6.35. The highest BCUT2D eigenvalue weighted by Gasteiger charge is 2.08. The first-order chi connectivity index (χ1) is 10.1. The first-order valence-electron chi connectivity index (χ1n) is 6.14. The minimum absolute atomic E-state index is 0.0423. The van der Waals surface area contributed by atoms with Gasteiger partial charge in [0.25, 0.3) is 5.69 Å². The average Bonchev–Trinajstić information content (AvgIpc) is 2.53. The molecule has 0 aliphatic carbocycles. The Balaban J connectivity index is 2.43. The van der Waals surface area contributed by atoms with Crippen molar-refractivity contribution in [2.45, 2.75) is 0 Å². The Kier molecular flexibility index (Phi) is 4.32. The molecule has 0 radical (unpaired) electrons. The van der Waals surface area contributed by atoms with E-state index in [9.17, 15) is 15.4 Å². The number of nitrogens with zero attached hydrogens (tertiary/aromatic N) is 2. The van der Waals surface area contributed by atoms with E-state index in [1.807, 2.05) is 12.1 Å². The van der Waals surface area contributed by atoms with Crippen molar-refractivity contribution in [1.82, 2.24) is 0 Å². The van der Waals surface area contributed by atoms with Crippen LogP contribution in [0, 0.1) is 21.4 Å². The van der Waals surface area contributed by atoms with Gasteiger partial charge in [0.15, 0.2) is 0 Å². The van der Waals surface area contributed by atoms with Crippen LogP contribution >= 0.6 is 0 Å². The summed E-state index contributed by atoms with van der Waals surface area (Å²) < 4.78 is 5.12. The van der Waals surface area contributed by atoms with Gasteiger partial charge in [0.2, 0.25) is 0 Å². The van der Waals surface area contributed by atoms with Gasteiger partial charge >= 0.3 is 0 Å². The van der Waals surface area contributed by atoms with Gasteiger partial charge in [0.05, 0.1) is 23.7 Å². The molecule has 0 spiro atoms. The molecule has 2 aromatic carbocycles. The Bertz CT molecular complexity index is 745. The molecule has 104 valence electrons. The van der Waals surface area contributed by atoms with Crippen molar-refractivity contribution >= 4 is 17.3 Å². The molecular weight excluding hydrogens is 268 g/mol. The quantitative estimate of drug-likeness (QED) is 0.370. The van der Waals surface area contributed by atoms with Crippen molar-refractivity contribution in [3.8, 4) is 11.8 Å². The van der Waals surface area contributed by atoms with Crippen molar-refractivity contribution in [3.63, 3.8) is 0 Å². The lowest BCUT2D eigenvalue weighted by Crippen LogP contribution is -1.90. The molecule has 0 heterocycles. The van der Waals surface area contributed by atoms with E-state index in [-0.39, 0.29) is 5.69 Å². The number of benzene rings is 2. The molecule has 5 heteroatoms. The lowest BCUT2D eigenvalue weighted by Gasteiger charge is -2.02. The zero-order valence-corrected chi connectivity index (χ0v) is 11.3. The number of nitro groups is 1. The molecule has 0 unspecified atom stereocenters. The second-order valence-electron chi connectivity index (χ2n) is 4.25. The van der Waals surface area contributed by atoms with Crippen LogP contribution in [-0.2, 0) is 0 Å². The van der Waals surface area contributed by atoms with E-state index in [0.717, 1.165) is 5.56 Å². The molecule has 0 saturated carbocycles. The lowest BCUT2D eigenvalue weighted by atomic mass is 10.0. The fraction of sp³-hybridized carbons (Fsp3) is 0.0625. The molecule has 0 fully saturated rings. The van der Waals surface area contributed by atoms with E-state index in [2.05, 4.69) is 6.07 Å². The maximum absolute atomic E-state index is 10.8. The van der Waals surface area contributed by atoms with E-state index < -0.39 is 4.92 Å². The summed E-state index contributed by atoms with van der Waals surface area (Å²) in [5, 5.41) is 20.1. The van der Waals surface area contributed by atoms with E-state index in [4.69, 9.17) is 4.74 Å². The third-order valence-corrected chi connectivity index (χ3v) is 2.89. The van der Waals surface area contributed by atoms with Crippen LogP contribution in [0.4, 0.5) is 5.69 Å². The first-order valence-corrected chi connectivity index (χ1v) is 6.14. The van der Waals surface area contributed by atoms with Crippen LogP contribution in [0.2, 0.25) is 0 Å². The molecule has 21 heavy (non-hydrogen) atoms. The van der Waals surface area contributed by atoms with Crippen LogP contribution in [0.15, 0.2) is 48.5 Å². The minimum Gasteiger partial charge on any atom is -0.497 e. The summed E-state index contributed by atoms with van der Waals surface area (Å²) in [5.41, 5.74) is 1.61. The predicted molar refractivity (Wildman–Crippen MR) is 79.6 cm³/mol.